The maximum atomic E-state index is 12.8. The molecule has 0 bridgehead atoms. The Morgan fingerprint density at radius 3 is 2.73 bits per heavy atom. The Hall–Kier alpha value is -2.29. The Morgan fingerprint density at radius 2 is 2.14 bits per heavy atom. The molecule has 1 N–H and O–H groups in total. The van der Waals surface area contributed by atoms with Gasteiger partial charge in [-0.2, -0.15) is 13.2 Å². The van der Waals surface area contributed by atoms with Crippen molar-refractivity contribution in [1.82, 2.24) is 4.98 Å². The van der Waals surface area contributed by atoms with E-state index in [-0.39, 0.29) is 10.8 Å². The number of rotatable bonds is 4. The van der Waals surface area contributed by atoms with Crippen molar-refractivity contribution in [2.24, 2.45) is 0 Å². The Bertz CT molecular complexity index is 687. The summed E-state index contributed by atoms with van der Waals surface area (Å²) in [5.74, 6) is -2.70. The van der Waals surface area contributed by atoms with Gasteiger partial charge >= 0.3 is 12.2 Å². The van der Waals surface area contributed by atoms with Crippen molar-refractivity contribution in [2.45, 2.75) is 6.18 Å². The predicted octanol–water partition coefficient (Wildman–Crippen LogP) is 3.50. The van der Waals surface area contributed by atoms with Crippen LogP contribution in [-0.4, -0.2) is 17.5 Å². The van der Waals surface area contributed by atoms with Gasteiger partial charge in [0.15, 0.2) is 6.61 Å². The van der Waals surface area contributed by atoms with Crippen LogP contribution in [0.3, 0.4) is 0 Å². The standard InChI is InChI=1S/C12H7ClF4N2O3/c13-7-3-6(14)1-2-8(7)21-5-10(20)19-11-18-4-9(22-11)12(15,16)17/h1-4H,5H2,(H,18,19,20). The highest BCUT2D eigenvalue weighted by Gasteiger charge is 2.35. The van der Waals surface area contributed by atoms with Crippen LogP contribution < -0.4 is 10.1 Å². The number of amides is 1. The average Bonchev–Trinajstić information content (AvgIpc) is 2.86. The number of nitrogens with zero attached hydrogens (tertiary/aromatic N) is 1. The molecule has 118 valence electrons. The van der Waals surface area contributed by atoms with Gasteiger partial charge in [0.2, 0.25) is 5.76 Å². The number of carbonyl (C=O) groups excluding carboxylic acids is 1. The number of halogens is 5. The van der Waals surface area contributed by atoms with E-state index in [0.29, 0.717) is 6.20 Å². The van der Waals surface area contributed by atoms with E-state index < -0.39 is 36.3 Å². The van der Waals surface area contributed by atoms with Crippen LogP contribution in [0, 0.1) is 5.82 Å². The van der Waals surface area contributed by atoms with E-state index >= 15 is 0 Å². The number of hydrogen-bond acceptors (Lipinski definition) is 4. The number of benzene rings is 1. The van der Waals surface area contributed by atoms with E-state index in [1.165, 1.54) is 6.07 Å². The first-order valence-electron chi connectivity index (χ1n) is 5.66. The van der Waals surface area contributed by atoms with Crippen LogP contribution in [0.15, 0.2) is 28.8 Å². The Morgan fingerprint density at radius 1 is 1.41 bits per heavy atom. The summed E-state index contributed by atoms with van der Waals surface area (Å²) in [4.78, 5) is 14.7. The molecular formula is C12H7ClF4N2O3. The highest BCUT2D eigenvalue weighted by molar-refractivity contribution is 6.32. The summed E-state index contributed by atoms with van der Waals surface area (Å²) >= 11 is 5.67. The third kappa shape index (κ3) is 4.10. The van der Waals surface area contributed by atoms with Gasteiger partial charge in [-0.25, -0.2) is 9.37 Å². The van der Waals surface area contributed by atoms with E-state index in [9.17, 15) is 22.4 Å². The lowest BCUT2D eigenvalue weighted by atomic mass is 10.3. The molecule has 1 aromatic heterocycles. The zero-order chi connectivity index (χ0) is 16.3. The molecule has 0 atom stereocenters. The molecule has 22 heavy (non-hydrogen) atoms. The molecule has 2 rings (SSSR count). The van der Waals surface area contributed by atoms with Crippen molar-refractivity contribution >= 4 is 23.5 Å². The third-order valence-electron chi connectivity index (χ3n) is 2.28. The van der Waals surface area contributed by atoms with Crippen molar-refractivity contribution in [3.05, 3.63) is 41.0 Å². The molecule has 1 amide bonds. The number of nitrogens with one attached hydrogen (secondary N) is 1. The number of alkyl halides is 3. The molecular weight excluding hydrogens is 332 g/mol. The minimum absolute atomic E-state index is 0.0431. The second-order valence-corrected chi connectivity index (χ2v) is 4.35. The number of anilines is 1. The molecule has 1 aromatic carbocycles. The first-order valence-corrected chi connectivity index (χ1v) is 6.04. The third-order valence-corrected chi connectivity index (χ3v) is 2.58. The first kappa shape index (κ1) is 16.1. The average molecular weight is 339 g/mol. The van der Waals surface area contributed by atoms with E-state index in [2.05, 4.69) is 9.40 Å². The number of carbonyl (C=O) groups is 1. The molecule has 10 heteroatoms. The topological polar surface area (TPSA) is 64.4 Å². The van der Waals surface area contributed by atoms with Crippen molar-refractivity contribution in [3.8, 4) is 5.75 Å². The van der Waals surface area contributed by atoms with Crippen LogP contribution in [0.5, 0.6) is 5.75 Å². The minimum atomic E-state index is -4.70. The fourth-order valence-corrected chi connectivity index (χ4v) is 1.58. The van der Waals surface area contributed by atoms with Gasteiger partial charge in [0.25, 0.3) is 5.91 Å². The number of ether oxygens (including phenoxy) is 1. The molecule has 2 aromatic rings. The van der Waals surface area contributed by atoms with Gasteiger partial charge in [0, 0.05) is 0 Å². The quantitative estimate of drug-likeness (QED) is 0.867. The number of aromatic nitrogens is 1. The molecule has 0 aliphatic rings. The molecule has 1 heterocycles. The van der Waals surface area contributed by atoms with Crippen LogP contribution in [0.1, 0.15) is 5.76 Å². The van der Waals surface area contributed by atoms with Crippen molar-refractivity contribution in [3.63, 3.8) is 0 Å². The molecule has 0 spiro atoms. The summed E-state index contributed by atoms with van der Waals surface area (Å²) in [5, 5.41) is 1.92. The molecule has 0 unspecified atom stereocenters. The van der Waals surface area contributed by atoms with Crippen molar-refractivity contribution in [2.75, 3.05) is 11.9 Å². The molecule has 0 aliphatic heterocycles. The lowest BCUT2D eigenvalue weighted by molar-refractivity contribution is -0.152. The monoisotopic (exact) mass is 338 g/mol. The van der Waals surface area contributed by atoms with Gasteiger partial charge in [-0.1, -0.05) is 11.6 Å². The maximum absolute atomic E-state index is 12.8. The largest absolute Gasteiger partial charge is 0.482 e. The summed E-state index contributed by atoms with van der Waals surface area (Å²) < 4.78 is 58.9. The van der Waals surface area contributed by atoms with Crippen LogP contribution in [0.4, 0.5) is 23.6 Å². The van der Waals surface area contributed by atoms with Crippen LogP contribution in [0.25, 0.3) is 0 Å². The van der Waals surface area contributed by atoms with Crippen molar-refractivity contribution < 1.29 is 31.5 Å². The SMILES string of the molecule is O=C(COc1ccc(F)cc1Cl)Nc1ncc(C(F)(F)F)o1. The Kier molecular flexibility index (Phi) is 4.55. The molecule has 0 saturated carbocycles. The maximum Gasteiger partial charge on any atom is 0.451 e. The van der Waals surface area contributed by atoms with Gasteiger partial charge in [-0.05, 0) is 18.2 Å². The molecule has 0 fully saturated rings. The Balaban J connectivity index is 1.92. The summed E-state index contributed by atoms with van der Waals surface area (Å²) in [6.07, 6.45) is -4.26. The number of hydrogen-bond donors (Lipinski definition) is 1. The van der Waals surface area contributed by atoms with Gasteiger partial charge in [-0.3, -0.25) is 10.1 Å². The fourth-order valence-electron chi connectivity index (χ4n) is 1.35. The smallest absolute Gasteiger partial charge is 0.451 e. The van der Waals surface area contributed by atoms with E-state index in [4.69, 9.17) is 16.3 Å². The van der Waals surface area contributed by atoms with Crippen molar-refractivity contribution in [1.29, 1.82) is 0 Å². The van der Waals surface area contributed by atoms with Crippen LogP contribution in [-0.2, 0) is 11.0 Å². The lowest BCUT2D eigenvalue weighted by Gasteiger charge is -2.07. The number of oxazole rings is 1. The van der Waals surface area contributed by atoms with Gasteiger partial charge in [-0.15, -0.1) is 0 Å². The summed E-state index contributed by atoms with van der Waals surface area (Å²) in [6.45, 7) is -0.574. The van der Waals surface area contributed by atoms with Gasteiger partial charge < -0.3 is 9.15 Å². The van der Waals surface area contributed by atoms with Crippen LogP contribution in [0.2, 0.25) is 5.02 Å². The molecule has 0 saturated heterocycles. The first-order chi connectivity index (χ1) is 10.3. The zero-order valence-corrected chi connectivity index (χ0v) is 11.3. The minimum Gasteiger partial charge on any atom is -0.482 e. The molecule has 0 radical (unpaired) electrons. The predicted molar refractivity (Wildman–Crippen MR) is 67.0 cm³/mol. The molecule has 5 nitrogen and oxygen atoms in total. The highest BCUT2D eigenvalue weighted by Crippen LogP contribution is 2.30. The summed E-state index contributed by atoms with van der Waals surface area (Å²) in [7, 11) is 0. The fraction of sp³-hybridized carbons (Fsp3) is 0.167. The highest BCUT2D eigenvalue weighted by atomic mass is 35.5. The Labute approximate surface area is 125 Å². The second-order valence-electron chi connectivity index (χ2n) is 3.94. The lowest BCUT2D eigenvalue weighted by Crippen LogP contribution is -2.20. The van der Waals surface area contributed by atoms with E-state index in [1.807, 2.05) is 5.32 Å². The van der Waals surface area contributed by atoms with Gasteiger partial charge in [0.05, 0.1) is 11.2 Å². The van der Waals surface area contributed by atoms with Crippen LogP contribution >= 0.6 is 11.6 Å². The van der Waals surface area contributed by atoms with Gasteiger partial charge in [0.1, 0.15) is 11.6 Å². The van der Waals surface area contributed by atoms with E-state index in [0.717, 1.165) is 12.1 Å². The molecule has 0 aliphatic carbocycles. The summed E-state index contributed by atoms with van der Waals surface area (Å²) in [5.41, 5.74) is 0. The zero-order valence-electron chi connectivity index (χ0n) is 10.6. The summed E-state index contributed by atoms with van der Waals surface area (Å²) in [6, 6.07) is 2.64. The normalized spacial score (nSPS) is 11.3. The van der Waals surface area contributed by atoms with E-state index in [1.54, 1.807) is 0 Å². The second kappa shape index (κ2) is 6.22.